The van der Waals surface area contributed by atoms with Crippen molar-refractivity contribution in [2.24, 2.45) is 0 Å². The zero-order valence-corrected chi connectivity index (χ0v) is 8.79. The van der Waals surface area contributed by atoms with Gasteiger partial charge in [0.05, 0.1) is 28.9 Å². The number of hydrogen-bond donors (Lipinski definition) is 2. The summed E-state index contributed by atoms with van der Waals surface area (Å²) in [6.07, 6.45) is 3.33. The summed E-state index contributed by atoms with van der Waals surface area (Å²) in [5.74, 6) is 0. The number of anilines is 2. The van der Waals surface area contributed by atoms with Crippen LogP contribution in [0.4, 0.5) is 11.4 Å². The molecule has 0 aliphatic heterocycles. The van der Waals surface area contributed by atoms with E-state index in [2.05, 4.69) is 5.32 Å². The number of para-hydroxylation sites is 1. The molecule has 0 atom stereocenters. The Morgan fingerprint density at radius 2 is 2.20 bits per heavy atom. The first-order valence-electron chi connectivity index (χ1n) is 4.56. The standard InChI is InChI=1S/C11H11ClN2O/c12-9-2-1-3-10(11(9)13)14-6-8-4-5-15-7-8/h1-5,7,14H,6,13H2. The van der Waals surface area contributed by atoms with Crippen LogP contribution < -0.4 is 11.1 Å². The van der Waals surface area contributed by atoms with Gasteiger partial charge in [-0.25, -0.2) is 0 Å². The molecule has 0 fully saturated rings. The fraction of sp³-hybridized carbons (Fsp3) is 0.0909. The molecule has 0 spiro atoms. The first-order chi connectivity index (χ1) is 7.27. The predicted molar refractivity (Wildman–Crippen MR) is 61.9 cm³/mol. The minimum atomic E-state index is 0.562. The van der Waals surface area contributed by atoms with Crippen LogP contribution in [0.25, 0.3) is 0 Å². The summed E-state index contributed by atoms with van der Waals surface area (Å²) in [4.78, 5) is 0. The minimum absolute atomic E-state index is 0.562. The monoisotopic (exact) mass is 222 g/mol. The number of nitrogen functional groups attached to an aromatic ring is 1. The maximum atomic E-state index is 5.89. The van der Waals surface area contributed by atoms with Gasteiger partial charge in [-0.3, -0.25) is 0 Å². The van der Waals surface area contributed by atoms with Gasteiger partial charge in [0.25, 0.3) is 0 Å². The number of furan rings is 1. The van der Waals surface area contributed by atoms with Crippen LogP contribution in [0, 0.1) is 0 Å². The van der Waals surface area contributed by atoms with Crippen LogP contribution in [0.5, 0.6) is 0 Å². The second kappa shape index (κ2) is 4.28. The molecular formula is C11H11ClN2O. The lowest BCUT2D eigenvalue weighted by atomic mass is 10.2. The van der Waals surface area contributed by atoms with Gasteiger partial charge in [-0.1, -0.05) is 17.7 Å². The summed E-state index contributed by atoms with van der Waals surface area (Å²) < 4.78 is 4.96. The van der Waals surface area contributed by atoms with Crippen molar-refractivity contribution in [1.29, 1.82) is 0 Å². The Hall–Kier alpha value is -1.61. The van der Waals surface area contributed by atoms with E-state index < -0.39 is 0 Å². The van der Waals surface area contributed by atoms with Gasteiger partial charge in [0.1, 0.15) is 0 Å². The molecule has 2 rings (SSSR count). The van der Waals surface area contributed by atoms with E-state index in [1.165, 1.54) is 0 Å². The number of benzene rings is 1. The van der Waals surface area contributed by atoms with Crippen molar-refractivity contribution in [3.63, 3.8) is 0 Å². The second-order valence-electron chi connectivity index (χ2n) is 3.19. The lowest BCUT2D eigenvalue weighted by Gasteiger charge is -2.08. The Bertz CT molecular complexity index is 440. The number of rotatable bonds is 3. The van der Waals surface area contributed by atoms with Crippen LogP contribution in [0.1, 0.15) is 5.56 Å². The van der Waals surface area contributed by atoms with Gasteiger partial charge in [0.2, 0.25) is 0 Å². The van der Waals surface area contributed by atoms with E-state index in [1.807, 2.05) is 18.2 Å². The fourth-order valence-corrected chi connectivity index (χ4v) is 1.46. The average Bonchev–Trinajstić information content (AvgIpc) is 2.73. The van der Waals surface area contributed by atoms with E-state index in [0.29, 0.717) is 17.3 Å². The minimum Gasteiger partial charge on any atom is -0.472 e. The summed E-state index contributed by atoms with van der Waals surface area (Å²) in [5.41, 5.74) is 8.28. The second-order valence-corrected chi connectivity index (χ2v) is 3.59. The molecule has 1 aromatic carbocycles. The van der Waals surface area contributed by atoms with E-state index >= 15 is 0 Å². The zero-order valence-electron chi connectivity index (χ0n) is 8.03. The van der Waals surface area contributed by atoms with E-state index in [-0.39, 0.29) is 0 Å². The molecule has 1 heterocycles. The molecule has 3 nitrogen and oxygen atoms in total. The smallest absolute Gasteiger partial charge is 0.0952 e. The van der Waals surface area contributed by atoms with Gasteiger partial charge >= 0.3 is 0 Å². The van der Waals surface area contributed by atoms with Crippen LogP contribution in [0.2, 0.25) is 5.02 Å². The molecule has 3 N–H and O–H groups in total. The van der Waals surface area contributed by atoms with Crippen LogP contribution in [-0.2, 0) is 6.54 Å². The molecule has 0 saturated heterocycles. The van der Waals surface area contributed by atoms with E-state index in [9.17, 15) is 0 Å². The Labute approximate surface area is 92.8 Å². The molecule has 4 heteroatoms. The molecule has 0 amide bonds. The molecule has 2 aromatic rings. The van der Waals surface area contributed by atoms with Crippen LogP contribution in [0.15, 0.2) is 41.2 Å². The summed E-state index contributed by atoms with van der Waals surface area (Å²) in [7, 11) is 0. The van der Waals surface area contributed by atoms with Crippen molar-refractivity contribution in [2.45, 2.75) is 6.54 Å². The molecule has 0 saturated carbocycles. The van der Waals surface area contributed by atoms with Crippen molar-refractivity contribution in [1.82, 2.24) is 0 Å². The third kappa shape index (κ3) is 2.25. The number of nitrogens with one attached hydrogen (secondary N) is 1. The SMILES string of the molecule is Nc1c(Cl)cccc1NCc1ccoc1. The highest BCUT2D eigenvalue weighted by molar-refractivity contribution is 6.33. The van der Waals surface area contributed by atoms with Crippen LogP contribution in [0.3, 0.4) is 0 Å². The van der Waals surface area contributed by atoms with Gasteiger partial charge < -0.3 is 15.5 Å². The van der Waals surface area contributed by atoms with Crippen molar-refractivity contribution in [3.8, 4) is 0 Å². The van der Waals surface area contributed by atoms with E-state index in [0.717, 1.165) is 11.3 Å². The van der Waals surface area contributed by atoms with Crippen molar-refractivity contribution in [2.75, 3.05) is 11.1 Å². The molecule has 0 unspecified atom stereocenters. The largest absolute Gasteiger partial charge is 0.472 e. The van der Waals surface area contributed by atoms with Crippen LogP contribution >= 0.6 is 11.6 Å². The van der Waals surface area contributed by atoms with Gasteiger partial charge in [-0.05, 0) is 18.2 Å². The Kier molecular flexibility index (Phi) is 2.83. The Balaban J connectivity index is 2.08. The molecule has 0 radical (unpaired) electrons. The topological polar surface area (TPSA) is 51.2 Å². The van der Waals surface area contributed by atoms with Gasteiger partial charge in [0, 0.05) is 12.1 Å². The van der Waals surface area contributed by atoms with Gasteiger partial charge in [-0.2, -0.15) is 0 Å². The molecule has 0 aliphatic carbocycles. The first kappa shape index (κ1) is 9.93. The quantitative estimate of drug-likeness (QED) is 0.785. The average molecular weight is 223 g/mol. The lowest BCUT2D eigenvalue weighted by molar-refractivity contribution is 0.564. The fourth-order valence-electron chi connectivity index (χ4n) is 1.28. The molecule has 78 valence electrons. The third-order valence-corrected chi connectivity index (χ3v) is 2.45. The molecular weight excluding hydrogens is 212 g/mol. The van der Waals surface area contributed by atoms with Crippen molar-refractivity contribution < 1.29 is 4.42 Å². The summed E-state index contributed by atoms with van der Waals surface area (Å²) >= 11 is 5.89. The molecule has 0 bridgehead atoms. The van der Waals surface area contributed by atoms with Gasteiger partial charge in [0.15, 0.2) is 0 Å². The molecule has 0 aliphatic rings. The highest BCUT2D eigenvalue weighted by Gasteiger charge is 2.02. The highest BCUT2D eigenvalue weighted by Crippen LogP contribution is 2.26. The third-order valence-electron chi connectivity index (χ3n) is 2.12. The van der Waals surface area contributed by atoms with Crippen molar-refractivity contribution in [3.05, 3.63) is 47.4 Å². The van der Waals surface area contributed by atoms with E-state index in [1.54, 1.807) is 18.6 Å². The lowest BCUT2D eigenvalue weighted by Crippen LogP contribution is -2.01. The maximum absolute atomic E-state index is 5.89. The number of halogens is 1. The zero-order chi connectivity index (χ0) is 10.7. The summed E-state index contributed by atoms with van der Waals surface area (Å²) in [6, 6.07) is 7.41. The number of hydrogen-bond acceptors (Lipinski definition) is 3. The highest BCUT2D eigenvalue weighted by atomic mass is 35.5. The van der Waals surface area contributed by atoms with Crippen molar-refractivity contribution >= 4 is 23.0 Å². The summed E-state index contributed by atoms with van der Waals surface area (Å²) in [5, 5.41) is 3.75. The van der Waals surface area contributed by atoms with Gasteiger partial charge in [-0.15, -0.1) is 0 Å². The van der Waals surface area contributed by atoms with Crippen LogP contribution in [-0.4, -0.2) is 0 Å². The summed E-state index contributed by atoms with van der Waals surface area (Å²) in [6.45, 7) is 0.668. The molecule has 15 heavy (non-hydrogen) atoms. The Morgan fingerprint density at radius 3 is 2.93 bits per heavy atom. The molecule has 1 aromatic heterocycles. The number of nitrogens with two attached hydrogens (primary N) is 1. The van der Waals surface area contributed by atoms with E-state index in [4.69, 9.17) is 21.8 Å². The maximum Gasteiger partial charge on any atom is 0.0952 e. The first-order valence-corrected chi connectivity index (χ1v) is 4.94. The normalized spacial score (nSPS) is 10.2. The predicted octanol–water partition coefficient (Wildman–Crippen LogP) is 3.13. The Morgan fingerprint density at radius 1 is 1.33 bits per heavy atom.